The molecular formula is C17H21FN2O3S. The third-order valence-corrected chi connectivity index (χ3v) is 5.92. The molecule has 0 aliphatic carbocycles. The van der Waals surface area contributed by atoms with Gasteiger partial charge in [0.2, 0.25) is 10.0 Å². The van der Waals surface area contributed by atoms with Crippen LogP contribution in [0.2, 0.25) is 0 Å². The maximum Gasteiger partial charge on any atom is 0.246 e. The fourth-order valence-corrected chi connectivity index (χ4v) is 4.10. The molecule has 7 heteroatoms. The number of fused-ring (bicyclic) bond motifs is 1. The van der Waals surface area contributed by atoms with E-state index in [1.165, 1.54) is 16.4 Å². The van der Waals surface area contributed by atoms with Gasteiger partial charge in [-0.3, -0.25) is 0 Å². The predicted molar refractivity (Wildman–Crippen MR) is 87.6 cm³/mol. The highest BCUT2D eigenvalue weighted by Crippen LogP contribution is 2.30. The smallest absolute Gasteiger partial charge is 0.246 e. The Bertz CT molecular complexity index is 882. The van der Waals surface area contributed by atoms with E-state index < -0.39 is 15.8 Å². The molecule has 0 N–H and O–H groups in total. The molecule has 1 aromatic heterocycles. The molecule has 0 amide bonds. The minimum Gasteiger partial charge on any atom is -0.445 e. The molecule has 2 aromatic rings. The zero-order valence-electron chi connectivity index (χ0n) is 14.3. The highest BCUT2D eigenvalue weighted by atomic mass is 32.2. The zero-order chi connectivity index (χ0) is 17.7. The Hall–Kier alpha value is -1.73. The minimum atomic E-state index is -3.90. The lowest BCUT2D eigenvalue weighted by molar-refractivity contribution is 0.338. The van der Waals surface area contributed by atoms with Crippen LogP contribution in [0.4, 0.5) is 4.39 Å². The van der Waals surface area contributed by atoms with Crippen molar-refractivity contribution in [3.63, 3.8) is 0 Å². The van der Waals surface area contributed by atoms with Crippen molar-refractivity contribution >= 4 is 10.0 Å². The molecule has 24 heavy (non-hydrogen) atoms. The standard InChI is InChI=1S/C17H21FN2O3S/c1-11-5-6-15(12(18)9-11)24(21,22)20-8-7-14-13(10-20)19-16(23-14)17(2,3)4/h5-6,9H,7-8,10H2,1-4H3. The van der Waals surface area contributed by atoms with E-state index in [9.17, 15) is 12.8 Å². The largest absolute Gasteiger partial charge is 0.445 e. The van der Waals surface area contributed by atoms with Crippen molar-refractivity contribution in [2.45, 2.75) is 51.0 Å². The molecule has 0 atom stereocenters. The molecule has 0 radical (unpaired) electrons. The summed E-state index contributed by atoms with van der Waals surface area (Å²) in [6.45, 7) is 8.03. The predicted octanol–water partition coefficient (Wildman–Crippen LogP) is 3.17. The highest BCUT2D eigenvalue weighted by Gasteiger charge is 2.34. The van der Waals surface area contributed by atoms with Crippen molar-refractivity contribution in [1.82, 2.24) is 9.29 Å². The Morgan fingerprint density at radius 1 is 1.29 bits per heavy atom. The summed E-state index contributed by atoms with van der Waals surface area (Å²) in [4.78, 5) is 4.15. The van der Waals surface area contributed by atoms with E-state index in [0.717, 1.165) is 5.76 Å². The Morgan fingerprint density at radius 2 is 2.00 bits per heavy atom. The minimum absolute atomic E-state index is 0.102. The van der Waals surface area contributed by atoms with Gasteiger partial charge in [-0.15, -0.1) is 0 Å². The van der Waals surface area contributed by atoms with Crippen LogP contribution in [0.5, 0.6) is 0 Å². The maximum atomic E-state index is 14.1. The highest BCUT2D eigenvalue weighted by molar-refractivity contribution is 7.89. The fourth-order valence-electron chi connectivity index (χ4n) is 2.65. The first-order valence-electron chi connectivity index (χ1n) is 7.84. The summed E-state index contributed by atoms with van der Waals surface area (Å²) >= 11 is 0. The van der Waals surface area contributed by atoms with Crippen LogP contribution in [0.25, 0.3) is 0 Å². The zero-order valence-corrected chi connectivity index (χ0v) is 15.1. The van der Waals surface area contributed by atoms with E-state index in [-0.39, 0.29) is 23.4 Å². The van der Waals surface area contributed by atoms with E-state index in [4.69, 9.17) is 4.42 Å². The average molecular weight is 352 g/mol. The molecule has 130 valence electrons. The second-order valence-electron chi connectivity index (χ2n) is 7.16. The first-order chi connectivity index (χ1) is 11.1. The van der Waals surface area contributed by atoms with Crippen LogP contribution in [-0.4, -0.2) is 24.3 Å². The first kappa shape index (κ1) is 17.1. The summed E-state index contributed by atoms with van der Waals surface area (Å²) < 4.78 is 46.7. The normalized spacial score (nSPS) is 16.2. The van der Waals surface area contributed by atoms with E-state index in [2.05, 4.69) is 4.98 Å². The molecule has 0 saturated heterocycles. The molecule has 5 nitrogen and oxygen atoms in total. The van der Waals surface area contributed by atoms with Gasteiger partial charge in [0.25, 0.3) is 0 Å². The van der Waals surface area contributed by atoms with Crippen molar-refractivity contribution in [3.05, 3.63) is 46.9 Å². The summed E-state index contributed by atoms with van der Waals surface area (Å²) in [7, 11) is -3.90. The summed E-state index contributed by atoms with van der Waals surface area (Å²) in [6.07, 6.45) is 0.436. The lowest BCUT2D eigenvalue weighted by Gasteiger charge is -2.24. The second kappa shape index (κ2) is 5.67. The summed E-state index contributed by atoms with van der Waals surface area (Å²) in [5.74, 6) is 0.584. The molecule has 2 heterocycles. The molecule has 1 aliphatic rings. The van der Waals surface area contributed by atoms with E-state index in [0.29, 0.717) is 23.6 Å². The molecule has 3 rings (SSSR count). The van der Waals surface area contributed by atoms with E-state index >= 15 is 0 Å². The maximum absolute atomic E-state index is 14.1. The monoisotopic (exact) mass is 352 g/mol. The number of aromatic nitrogens is 1. The van der Waals surface area contributed by atoms with Gasteiger partial charge in [0.05, 0.1) is 12.2 Å². The molecule has 1 aromatic carbocycles. The topological polar surface area (TPSA) is 63.4 Å². The lowest BCUT2D eigenvalue weighted by Crippen LogP contribution is -2.36. The number of aryl methyl sites for hydroxylation is 1. The van der Waals surface area contributed by atoms with Gasteiger partial charge in [0, 0.05) is 18.4 Å². The molecule has 0 bridgehead atoms. The Labute approximate surface area is 141 Å². The van der Waals surface area contributed by atoms with Crippen molar-refractivity contribution in [3.8, 4) is 0 Å². The van der Waals surface area contributed by atoms with Crippen LogP contribution in [0.3, 0.4) is 0 Å². The number of oxazole rings is 1. The molecule has 0 fully saturated rings. The number of halogens is 1. The van der Waals surface area contributed by atoms with Crippen molar-refractivity contribution in [2.75, 3.05) is 6.54 Å². The van der Waals surface area contributed by atoms with Gasteiger partial charge < -0.3 is 4.42 Å². The third-order valence-electron chi connectivity index (χ3n) is 4.04. The molecule has 0 spiro atoms. The summed E-state index contributed by atoms with van der Waals surface area (Å²) in [6, 6.07) is 4.15. The number of hydrogen-bond acceptors (Lipinski definition) is 4. The Morgan fingerprint density at radius 3 is 2.62 bits per heavy atom. The number of rotatable bonds is 2. The van der Waals surface area contributed by atoms with Gasteiger partial charge in [0.15, 0.2) is 5.89 Å². The van der Waals surface area contributed by atoms with Gasteiger partial charge in [-0.2, -0.15) is 4.31 Å². The van der Waals surface area contributed by atoms with Crippen LogP contribution in [0.1, 0.15) is 43.7 Å². The summed E-state index contributed by atoms with van der Waals surface area (Å²) in [5.41, 5.74) is 1.05. The Balaban J connectivity index is 1.93. The lowest BCUT2D eigenvalue weighted by atomic mass is 9.97. The third kappa shape index (κ3) is 2.98. The van der Waals surface area contributed by atoms with Gasteiger partial charge in [-0.05, 0) is 24.6 Å². The first-order valence-corrected chi connectivity index (χ1v) is 9.28. The molecule has 1 aliphatic heterocycles. The van der Waals surface area contributed by atoms with E-state index in [1.54, 1.807) is 13.0 Å². The van der Waals surface area contributed by atoms with Crippen LogP contribution >= 0.6 is 0 Å². The number of hydrogen-bond donors (Lipinski definition) is 0. The van der Waals surface area contributed by atoms with E-state index in [1.807, 2.05) is 20.8 Å². The number of sulfonamides is 1. The summed E-state index contributed by atoms with van der Waals surface area (Å²) in [5, 5.41) is 0. The average Bonchev–Trinajstić information content (AvgIpc) is 2.89. The molecule has 0 unspecified atom stereocenters. The van der Waals surface area contributed by atoms with Crippen molar-refractivity contribution in [1.29, 1.82) is 0 Å². The van der Waals surface area contributed by atoms with Crippen LogP contribution in [-0.2, 0) is 28.4 Å². The molecule has 0 saturated carbocycles. The van der Waals surface area contributed by atoms with Crippen LogP contribution < -0.4 is 0 Å². The van der Waals surface area contributed by atoms with Crippen LogP contribution in [0.15, 0.2) is 27.5 Å². The molecular weight excluding hydrogens is 331 g/mol. The quantitative estimate of drug-likeness (QED) is 0.833. The van der Waals surface area contributed by atoms with Gasteiger partial charge in [-0.25, -0.2) is 17.8 Å². The van der Waals surface area contributed by atoms with Gasteiger partial charge in [0.1, 0.15) is 16.5 Å². The number of benzene rings is 1. The van der Waals surface area contributed by atoms with Gasteiger partial charge >= 0.3 is 0 Å². The van der Waals surface area contributed by atoms with Crippen LogP contribution in [0, 0.1) is 12.7 Å². The van der Waals surface area contributed by atoms with Crippen molar-refractivity contribution in [2.24, 2.45) is 0 Å². The Kier molecular flexibility index (Phi) is 4.04. The SMILES string of the molecule is Cc1ccc(S(=O)(=O)N2CCc3oc(C(C)(C)C)nc3C2)c(F)c1. The van der Waals surface area contributed by atoms with Crippen molar-refractivity contribution < 1.29 is 17.2 Å². The second-order valence-corrected chi connectivity index (χ2v) is 9.07. The fraction of sp³-hybridized carbons (Fsp3) is 0.471. The number of nitrogens with zero attached hydrogens (tertiary/aromatic N) is 2. The van der Waals surface area contributed by atoms with Gasteiger partial charge in [-0.1, -0.05) is 26.8 Å².